The van der Waals surface area contributed by atoms with Crippen molar-refractivity contribution in [3.63, 3.8) is 0 Å². The summed E-state index contributed by atoms with van der Waals surface area (Å²) in [6.07, 6.45) is -3.52. The number of methoxy groups -OCH3 is 2. The molecule has 2 aromatic rings. The van der Waals surface area contributed by atoms with Crippen LogP contribution in [0, 0.1) is 0 Å². The van der Waals surface area contributed by atoms with Crippen LogP contribution in [-0.4, -0.2) is 48.3 Å². The molecule has 1 fully saturated rings. The number of halogens is 3. The van der Waals surface area contributed by atoms with Crippen molar-refractivity contribution >= 4 is 5.91 Å². The van der Waals surface area contributed by atoms with Gasteiger partial charge in [-0.1, -0.05) is 0 Å². The first kappa shape index (κ1) is 19.0. The number of carbonyl (C=O) groups is 1. The maximum Gasteiger partial charge on any atom is 0.470 e. The van der Waals surface area contributed by atoms with Crippen molar-refractivity contribution in [1.82, 2.24) is 15.1 Å². The van der Waals surface area contributed by atoms with E-state index in [9.17, 15) is 18.0 Å². The number of benzene rings is 1. The third-order valence-corrected chi connectivity index (χ3v) is 4.34. The van der Waals surface area contributed by atoms with Gasteiger partial charge in [0.2, 0.25) is 5.89 Å². The van der Waals surface area contributed by atoms with Crippen LogP contribution in [0.25, 0.3) is 0 Å². The minimum atomic E-state index is -4.69. The lowest BCUT2D eigenvalue weighted by Crippen LogP contribution is -2.39. The van der Waals surface area contributed by atoms with E-state index in [0.29, 0.717) is 36.4 Å². The summed E-state index contributed by atoms with van der Waals surface area (Å²) in [7, 11) is 2.96. The van der Waals surface area contributed by atoms with Gasteiger partial charge < -0.3 is 18.8 Å². The quantitative estimate of drug-likeness (QED) is 0.805. The molecule has 27 heavy (non-hydrogen) atoms. The highest BCUT2D eigenvalue weighted by molar-refractivity contribution is 5.95. The average molecular weight is 385 g/mol. The first-order valence-electron chi connectivity index (χ1n) is 8.24. The van der Waals surface area contributed by atoms with Gasteiger partial charge in [0, 0.05) is 24.7 Å². The van der Waals surface area contributed by atoms with Crippen molar-refractivity contribution in [2.24, 2.45) is 0 Å². The Balaban J connectivity index is 1.78. The number of likely N-dealkylation sites (tertiary alicyclic amines) is 1. The van der Waals surface area contributed by atoms with Gasteiger partial charge in [-0.25, -0.2) is 0 Å². The highest BCUT2D eigenvalue weighted by Gasteiger charge is 2.39. The van der Waals surface area contributed by atoms with Crippen LogP contribution in [0.1, 0.15) is 40.9 Å². The van der Waals surface area contributed by atoms with Gasteiger partial charge in [-0.15, -0.1) is 10.2 Å². The van der Waals surface area contributed by atoms with E-state index in [2.05, 4.69) is 10.2 Å². The number of alkyl halides is 3. The normalized spacial score (nSPS) is 17.7. The third kappa shape index (κ3) is 4.15. The van der Waals surface area contributed by atoms with E-state index >= 15 is 0 Å². The highest BCUT2D eigenvalue weighted by atomic mass is 19.4. The number of hydrogen-bond donors (Lipinski definition) is 0. The Hall–Kier alpha value is -2.78. The zero-order chi connectivity index (χ0) is 19.6. The lowest BCUT2D eigenvalue weighted by Gasteiger charge is -2.31. The monoisotopic (exact) mass is 385 g/mol. The topological polar surface area (TPSA) is 77.7 Å². The lowest BCUT2D eigenvalue weighted by molar-refractivity contribution is -0.157. The van der Waals surface area contributed by atoms with E-state index in [4.69, 9.17) is 13.9 Å². The second-order valence-electron chi connectivity index (χ2n) is 6.13. The molecule has 0 N–H and O–H groups in total. The van der Waals surface area contributed by atoms with Gasteiger partial charge in [0.25, 0.3) is 5.91 Å². The molecule has 0 radical (unpaired) electrons. The van der Waals surface area contributed by atoms with Crippen molar-refractivity contribution in [2.45, 2.75) is 24.9 Å². The summed E-state index contributed by atoms with van der Waals surface area (Å²) in [6.45, 7) is 0.674. The molecule has 1 aliphatic rings. The third-order valence-electron chi connectivity index (χ3n) is 4.34. The number of amides is 1. The van der Waals surface area contributed by atoms with Crippen LogP contribution < -0.4 is 9.47 Å². The SMILES string of the molecule is COc1cc(OC)cc(C(=O)N2CCCC(c3nnc(C(F)(F)F)o3)C2)c1. The first-order valence-corrected chi connectivity index (χ1v) is 8.24. The molecule has 10 heteroatoms. The number of hydrogen-bond acceptors (Lipinski definition) is 6. The smallest absolute Gasteiger partial charge is 0.470 e. The van der Waals surface area contributed by atoms with E-state index in [1.807, 2.05) is 0 Å². The predicted octanol–water partition coefficient (Wildman–Crippen LogP) is 3.13. The van der Waals surface area contributed by atoms with Gasteiger partial charge in [0.05, 0.1) is 20.1 Å². The first-order chi connectivity index (χ1) is 12.8. The second-order valence-corrected chi connectivity index (χ2v) is 6.13. The Morgan fingerprint density at radius 2 is 1.85 bits per heavy atom. The summed E-state index contributed by atoms with van der Waals surface area (Å²) in [5.74, 6) is -1.26. The van der Waals surface area contributed by atoms with Crippen LogP contribution in [0.4, 0.5) is 13.2 Å². The van der Waals surface area contributed by atoms with Crippen molar-refractivity contribution < 1.29 is 31.9 Å². The summed E-state index contributed by atoms with van der Waals surface area (Å²) in [5, 5.41) is 6.57. The second kappa shape index (κ2) is 7.45. The van der Waals surface area contributed by atoms with Crippen molar-refractivity contribution in [3.05, 3.63) is 35.5 Å². The molecule has 1 saturated heterocycles. The molecule has 0 bridgehead atoms. The Labute approximate surface area is 153 Å². The fourth-order valence-corrected chi connectivity index (χ4v) is 2.99. The predicted molar refractivity (Wildman–Crippen MR) is 86.7 cm³/mol. The van der Waals surface area contributed by atoms with E-state index in [1.54, 1.807) is 23.1 Å². The molecule has 1 atom stereocenters. The van der Waals surface area contributed by atoms with Crippen LogP contribution in [0.5, 0.6) is 11.5 Å². The molecule has 1 aromatic heterocycles. The van der Waals surface area contributed by atoms with E-state index < -0.39 is 18.0 Å². The summed E-state index contributed by atoms with van der Waals surface area (Å²) in [5.41, 5.74) is 0.369. The minimum absolute atomic E-state index is 0.108. The summed E-state index contributed by atoms with van der Waals surface area (Å²) in [6, 6.07) is 4.82. The molecule has 0 aliphatic carbocycles. The molecular formula is C17H18F3N3O4. The van der Waals surface area contributed by atoms with Gasteiger partial charge >= 0.3 is 12.1 Å². The summed E-state index contributed by atoms with van der Waals surface area (Å²) < 4.78 is 53.1. The van der Waals surface area contributed by atoms with Crippen LogP contribution >= 0.6 is 0 Å². The van der Waals surface area contributed by atoms with Crippen LogP contribution in [-0.2, 0) is 6.18 Å². The van der Waals surface area contributed by atoms with Crippen molar-refractivity contribution in [2.75, 3.05) is 27.3 Å². The number of ether oxygens (including phenoxy) is 2. The maximum atomic E-state index is 12.8. The molecule has 2 heterocycles. The number of piperidine rings is 1. The van der Waals surface area contributed by atoms with Gasteiger partial charge in [-0.2, -0.15) is 13.2 Å². The molecule has 3 rings (SSSR count). The number of rotatable bonds is 4. The summed E-state index contributed by atoms with van der Waals surface area (Å²) in [4.78, 5) is 14.4. The fraction of sp³-hybridized carbons (Fsp3) is 0.471. The Bertz CT molecular complexity index is 800. The Kier molecular flexibility index (Phi) is 5.24. The zero-order valence-electron chi connectivity index (χ0n) is 14.7. The molecule has 0 spiro atoms. The fourth-order valence-electron chi connectivity index (χ4n) is 2.99. The highest BCUT2D eigenvalue weighted by Crippen LogP contribution is 2.32. The largest absolute Gasteiger partial charge is 0.497 e. The lowest BCUT2D eigenvalue weighted by atomic mass is 9.97. The molecule has 7 nitrogen and oxygen atoms in total. The maximum absolute atomic E-state index is 12.8. The Morgan fingerprint density at radius 1 is 1.19 bits per heavy atom. The van der Waals surface area contributed by atoms with Gasteiger partial charge in [-0.3, -0.25) is 4.79 Å². The minimum Gasteiger partial charge on any atom is -0.497 e. The molecule has 1 aromatic carbocycles. The van der Waals surface area contributed by atoms with Crippen LogP contribution in [0.3, 0.4) is 0 Å². The van der Waals surface area contributed by atoms with Crippen molar-refractivity contribution in [1.29, 1.82) is 0 Å². The van der Waals surface area contributed by atoms with Gasteiger partial charge in [-0.05, 0) is 25.0 Å². The standard InChI is InChI=1S/C17H18F3N3O4/c1-25-12-6-11(7-13(8-12)26-2)15(24)23-5-3-4-10(9-23)14-21-22-16(27-14)17(18,19)20/h6-8,10H,3-5,9H2,1-2H3. The van der Waals surface area contributed by atoms with Gasteiger partial charge in [0.1, 0.15) is 11.5 Å². The van der Waals surface area contributed by atoms with E-state index in [-0.39, 0.29) is 18.3 Å². The van der Waals surface area contributed by atoms with Gasteiger partial charge in [0.15, 0.2) is 0 Å². The average Bonchev–Trinajstić information content (AvgIpc) is 3.18. The molecule has 146 valence electrons. The van der Waals surface area contributed by atoms with Crippen LogP contribution in [0.2, 0.25) is 0 Å². The molecule has 1 amide bonds. The molecule has 1 unspecified atom stereocenters. The number of nitrogens with zero attached hydrogens (tertiary/aromatic N) is 3. The Morgan fingerprint density at radius 3 is 2.41 bits per heavy atom. The van der Waals surface area contributed by atoms with Crippen LogP contribution in [0.15, 0.2) is 22.6 Å². The molecular weight excluding hydrogens is 367 g/mol. The number of carbonyl (C=O) groups excluding carboxylic acids is 1. The van der Waals surface area contributed by atoms with E-state index in [1.165, 1.54) is 14.2 Å². The zero-order valence-corrected chi connectivity index (χ0v) is 14.7. The molecule has 0 saturated carbocycles. The summed E-state index contributed by atoms with van der Waals surface area (Å²) >= 11 is 0. The van der Waals surface area contributed by atoms with Crippen molar-refractivity contribution in [3.8, 4) is 11.5 Å². The van der Waals surface area contributed by atoms with E-state index in [0.717, 1.165) is 0 Å². The number of aromatic nitrogens is 2. The molecule has 1 aliphatic heterocycles.